The molecule has 1 N–H and O–H groups in total. The molecule has 0 saturated heterocycles. The van der Waals surface area contributed by atoms with Crippen molar-refractivity contribution in [3.05, 3.63) is 65.2 Å². The predicted octanol–water partition coefficient (Wildman–Crippen LogP) is 4.54. The van der Waals surface area contributed by atoms with Crippen molar-refractivity contribution in [3.63, 3.8) is 0 Å². The lowest BCUT2D eigenvalue weighted by Crippen LogP contribution is -2.11. The van der Waals surface area contributed by atoms with Gasteiger partial charge >= 0.3 is 0 Å². The molecular weight excluding hydrogens is 276 g/mol. The minimum atomic E-state index is -0.403. The van der Waals surface area contributed by atoms with Gasteiger partial charge < -0.3 is 5.32 Å². The highest BCUT2D eigenvalue weighted by Gasteiger charge is 2.07. The van der Waals surface area contributed by atoms with Crippen molar-refractivity contribution in [1.82, 2.24) is 5.32 Å². The molecule has 20 heavy (non-hydrogen) atoms. The fraction of sp³-hybridized carbons (Fsp3) is 0.250. The summed E-state index contributed by atoms with van der Waals surface area (Å²) in [4.78, 5) is 1.05. The van der Waals surface area contributed by atoms with E-state index in [9.17, 15) is 8.78 Å². The van der Waals surface area contributed by atoms with Crippen LogP contribution in [-0.2, 0) is 5.75 Å². The Hall–Kier alpha value is -1.39. The Labute approximate surface area is 122 Å². The summed E-state index contributed by atoms with van der Waals surface area (Å²) in [5.41, 5.74) is 1.57. The third kappa shape index (κ3) is 3.81. The van der Waals surface area contributed by atoms with Crippen LogP contribution >= 0.6 is 11.8 Å². The molecule has 0 spiro atoms. The van der Waals surface area contributed by atoms with Crippen LogP contribution < -0.4 is 5.32 Å². The van der Waals surface area contributed by atoms with Crippen LogP contribution in [-0.4, -0.2) is 7.05 Å². The van der Waals surface area contributed by atoms with Crippen molar-refractivity contribution in [3.8, 4) is 0 Å². The second-order valence-corrected chi connectivity index (χ2v) is 5.66. The van der Waals surface area contributed by atoms with E-state index >= 15 is 0 Å². The molecule has 0 saturated carbocycles. The molecule has 1 nitrogen and oxygen atoms in total. The molecule has 0 heterocycles. The smallest absolute Gasteiger partial charge is 0.127 e. The van der Waals surface area contributed by atoms with Gasteiger partial charge in [-0.05, 0) is 49.9 Å². The molecule has 0 amide bonds. The van der Waals surface area contributed by atoms with Gasteiger partial charge in [0.25, 0.3) is 0 Å². The number of halogens is 2. The first-order valence-electron chi connectivity index (χ1n) is 6.44. The number of rotatable bonds is 5. The van der Waals surface area contributed by atoms with Crippen LogP contribution in [0.3, 0.4) is 0 Å². The summed E-state index contributed by atoms with van der Waals surface area (Å²) in [7, 11) is 1.91. The van der Waals surface area contributed by atoms with Gasteiger partial charge in [0, 0.05) is 22.3 Å². The molecule has 0 aliphatic rings. The van der Waals surface area contributed by atoms with Gasteiger partial charge in [-0.25, -0.2) is 8.78 Å². The molecule has 1 atom stereocenters. The Morgan fingerprint density at radius 2 is 1.95 bits per heavy atom. The SMILES string of the molecule is CNC(C)c1cccc(SCc2cc(F)ccc2F)c1. The molecule has 106 valence electrons. The lowest BCUT2D eigenvalue weighted by Gasteiger charge is -2.12. The van der Waals surface area contributed by atoms with E-state index in [0.29, 0.717) is 11.3 Å². The Morgan fingerprint density at radius 3 is 2.70 bits per heavy atom. The summed E-state index contributed by atoms with van der Waals surface area (Å²) in [5.74, 6) is -0.348. The molecule has 0 fully saturated rings. The highest BCUT2D eigenvalue weighted by molar-refractivity contribution is 7.98. The van der Waals surface area contributed by atoms with Gasteiger partial charge in [-0.15, -0.1) is 11.8 Å². The summed E-state index contributed by atoms with van der Waals surface area (Å²) in [6.45, 7) is 2.08. The van der Waals surface area contributed by atoms with Gasteiger partial charge in [0.05, 0.1) is 0 Å². The molecule has 0 aromatic heterocycles. The van der Waals surface area contributed by atoms with Crippen LogP contribution in [0.4, 0.5) is 8.78 Å². The predicted molar refractivity (Wildman–Crippen MR) is 79.8 cm³/mol. The first-order valence-corrected chi connectivity index (χ1v) is 7.42. The zero-order valence-corrected chi connectivity index (χ0v) is 12.3. The number of thioether (sulfide) groups is 1. The summed E-state index contributed by atoms with van der Waals surface area (Å²) in [5, 5.41) is 3.18. The monoisotopic (exact) mass is 293 g/mol. The number of hydrogen-bond acceptors (Lipinski definition) is 2. The molecule has 0 radical (unpaired) electrons. The topological polar surface area (TPSA) is 12.0 Å². The molecule has 0 aliphatic heterocycles. The van der Waals surface area contributed by atoms with Crippen LogP contribution in [0, 0.1) is 11.6 Å². The van der Waals surface area contributed by atoms with Crippen LogP contribution in [0.25, 0.3) is 0 Å². The lowest BCUT2D eigenvalue weighted by molar-refractivity contribution is 0.591. The molecular formula is C16H17F2NS. The van der Waals surface area contributed by atoms with Gasteiger partial charge in [-0.3, -0.25) is 0 Å². The number of hydrogen-bond donors (Lipinski definition) is 1. The quantitative estimate of drug-likeness (QED) is 0.812. The van der Waals surface area contributed by atoms with E-state index in [4.69, 9.17) is 0 Å². The summed E-state index contributed by atoms with van der Waals surface area (Å²) < 4.78 is 26.6. The maximum atomic E-state index is 13.5. The van der Waals surface area contributed by atoms with Crippen molar-refractivity contribution in [2.24, 2.45) is 0 Å². The summed E-state index contributed by atoms with van der Waals surface area (Å²) >= 11 is 1.50. The second-order valence-electron chi connectivity index (χ2n) is 4.61. The first kappa shape index (κ1) is 15.0. The Bertz CT molecular complexity index is 586. The minimum absolute atomic E-state index is 0.265. The van der Waals surface area contributed by atoms with E-state index in [1.807, 2.05) is 25.2 Å². The first-order chi connectivity index (χ1) is 9.60. The van der Waals surface area contributed by atoms with E-state index in [-0.39, 0.29) is 11.9 Å². The third-order valence-electron chi connectivity index (χ3n) is 3.19. The molecule has 2 aromatic carbocycles. The Morgan fingerprint density at radius 1 is 1.15 bits per heavy atom. The van der Waals surface area contributed by atoms with Gasteiger partial charge in [0.15, 0.2) is 0 Å². The van der Waals surface area contributed by atoms with Crippen molar-refractivity contribution in [1.29, 1.82) is 0 Å². The van der Waals surface area contributed by atoms with Gasteiger partial charge in [0.2, 0.25) is 0 Å². The Balaban J connectivity index is 2.09. The summed E-state index contributed by atoms with van der Waals surface area (Å²) in [6.07, 6.45) is 0. The average Bonchev–Trinajstić information content (AvgIpc) is 2.47. The standard InChI is InChI=1S/C16H17F2NS/c1-11(19-2)12-4-3-5-15(9-12)20-10-13-8-14(17)6-7-16(13)18/h3-9,11,19H,10H2,1-2H3. The van der Waals surface area contributed by atoms with Gasteiger partial charge in [-0.1, -0.05) is 12.1 Å². The lowest BCUT2D eigenvalue weighted by atomic mass is 10.1. The molecule has 2 aromatic rings. The van der Waals surface area contributed by atoms with Gasteiger partial charge in [0.1, 0.15) is 11.6 Å². The molecule has 0 bridgehead atoms. The average molecular weight is 293 g/mol. The fourth-order valence-electron chi connectivity index (χ4n) is 1.86. The highest BCUT2D eigenvalue weighted by Crippen LogP contribution is 2.26. The number of benzene rings is 2. The Kier molecular flexibility index (Phi) is 5.15. The molecule has 2 rings (SSSR count). The minimum Gasteiger partial charge on any atom is -0.313 e. The zero-order valence-electron chi connectivity index (χ0n) is 11.5. The van der Waals surface area contributed by atoms with Gasteiger partial charge in [-0.2, -0.15) is 0 Å². The van der Waals surface area contributed by atoms with E-state index in [0.717, 1.165) is 11.0 Å². The van der Waals surface area contributed by atoms with E-state index < -0.39 is 5.82 Å². The molecule has 4 heteroatoms. The maximum Gasteiger partial charge on any atom is 0.127 e. The van der Waals surface area contributed by atoms with Crippen LogP contribution in [0.1, 0.15) is 24.1 Å². The van der Waals surface area contributed by atoms with Crippen molar-refractivity contribution in [2.45, 2.75) is 23.6 Å². The van der Waals surface area contributed by atoms with E-state index in [2.05, 4.69) is 18.3 Å². The fourth-order valence-corrected chi connectivity index (χ4v) is 2.79. The van der Waals surface area contributed by atoms with E-state index in [1.165, 1.54) is 29.5 Å². The maximum absolute atomic E-state index is 13.5. The van der Waals surface area contributed by atoms with E-state index in [1.54, 1.807) is 0 Å². The van der Waals surface area contributed by atoms with Crippen LogP contribution in [0.15, 0.2) is 47.4 Å². The molecule has 1 unspecified atom stereocenters. The largest absolute Gasteiger partial charge is 0.313 e. The van der Waals surface area contributed by atoms with Crippen LogP contribution in [0.2, 0.25) is 0 Å². The molecule has 0 aliphatic carbocycles. The third-order valence-corrected chi connectivity index (χ3v) is 4.24. The zero-order chi connectivity index (χ0) is 14.5. The normalized spacial score (nSPS) is 12.4. The van der Waals surface area contributed by atoms with Crippen molar-refractivity contribution >= 4 is 11.8 Å². The van der Waals surface area contributed by atoms with Crippen molar-refractivity contribution in [2.75, 3.05) is 7.05 Å². The highest BCUT2D eigenvalue weighted by atomic mass is 32.2. The summed E-state index contributed by atoms with van der Waals surface area (Å²) in [6, 6.07) is 11.9. The van der Waals surface area contributed by atoms with Crippen molar-refractivity contribution < 1.29 is 8.78 Å². The number of nitrogens with one attached hydrogen (secondary N) is 1. The second kappa shape index (κ2) is 6.86. The van der Waals surface area contributed by atoms with Crippen LogP contribution in [0.5, 0.6) is 0 Å².